The van der Waals surface area contributed by atoms with Crippen LogP contribution in [0.2, 0.25) is 0 Å². The van der Waals surface area contributed by atoms with Crippen molar-refractivity contribution >= 4 is 21.7 Å². The summed E-state index contributed by atoms with van der Waals surface area (Å²) in [5.74, 6) is -0.560. The molecule has 0 aromatic heterocycles. The van der Waals surface area contributed by atoms with E-state index in [1.807, 2.05) is 6.92 Å². The second-order valence-corrected chi connectivity index (χ2v) is 8.75. The predicted octanol–water partition coefficient (Wildman–Crippen LogP) is 2.76. The van der Waals surface area contributed by atoms with E-state index in [1.54, 1.807) is 35.2 Å². The Labute approximate surface area is 170 Å². The zero-order valence-corrected chi connectivity index (χ0v) is 17.7. The molecule has 0 radical (unpaired) electrons. The van der Waals surface area contributed by atoms with Gasteiger partial charge in [0.05, 0.1) is 18.4 Å². The molecule has 0 spiro atoms. The lowest BCUT2D eigenvalue weighted by Gasteiger charge is -2.22. The number of carboxylic acid groups (broad SMARTS) is 1. The monoisotopic (exact) mass is 419 g/mol. The van der Waals surface area contributed by atoms with Crippen LogP contribution in [0.4, 0.5) is 0 Å². The summed E-state index contributed by atoms with van der Waals surface area (Å²) in [5.41, 5.74) is 2.54. The Morgan fingerprint density at radius 1 is 1.10 bits per heavy atom. The van der Waals surface area contributed by atoms with Gasteiger partial charge in [-0.05, 0) is 47.9 Å². The van der Waals surface area contributed by atoms with E-state index in [-0.39, 0.29) is 23.8 Å². The number of benzene rings is 2. The molecule has 0 saturated heterocycles. The van der Waals surface area contributed by atoms with Gasteiger partial charge in [-0.1, -0.05) is 12.1 Å². The van der Waals surface area contributed by atoms with E-state index in [0.29, 0.717) is 34.5 Å². The summed E-state index contributed by atoms with van der Waals surface area (Å²) in [6.45, 7) is 3.98. The summed E-state index contributed by atoms with van der Waals surface area (Å²) in [6.07, 6.45) is 0.977. The van der Waals surface area contributed by atoms with Crippen molar-refractivity contribution in [2.75, 3.05) is 19.9 Å². The molecule has 2 aromatic carbocycles. The number of carbonyl (C=O) groups is 2. The predicted molar refractivity (Wildman–Crippen MR) is 110 cm³/mol. The zero-order chi connectivity index (χ0) is 21.8. The fourth-order valence-electron chi connectivity index (χ4n) is 3.10. The van der Waals surface area contributed by atoms with Crippen molar-refractivity contribution in [2.24, 2.45) is 0 Å². The second-order valence-electron chi connectivity index (χ2n) is 6.73. The van der Waals surface area contributed by atoms with Gasteiger partial charge in [-0.25, -0.2) is 8.42 Å². The molecule has 2 aromatic rings. The van der Waals surface area contributed by atoms with Crippen LogP contribution in [0.1, 0.15) is 25.0 Å². The molecule has 29 heavy (non-hydrogen) atoms. The van der Waals surface area contributed by atoms with Crippen molar-refractivity contribution in [2.45, 2.75) is 31.7 Å². The lowest BCUT2D eigenvalue weighted by Crippen LogP contribution is -2.28. The van der Waals surface area contributed by atoms with Crippen LogP contribution >= 0.6 is 0 Å². The van der Waals surface area contributed by atoms with E-state index in [4.69, 9.17) is 9.84 Å². The Morgan fingerprint density at radius 2 is 1.79 bits per heavy atom. The number of aliphatic carboxylic acids is 1. The van der Waals surface area contributed by atoms with E-state index < -0.39 is 15.8 Å². The van der Waals surface area contributed by atoms with E-state index in [0.717, 1.165) is 6.26 Å². The quantitative estimate of drug-likeness (QED) is 0.706. The van der Waals surface area contributed by atoms with Gasteiger partial charge in [0.1, 0.15) is 5.75 Å². The van der Waals surface area contributed by atoms with Gasteiger partial charge in [0.15, 0.2) is 9.84 Å². The number of nitrogens with zero attached hydrogens (tertiary/aromatic N) is 1. The van der Waals surface area contributed by atoms with Crippen LogP contribution in [0.3, 0.4) is 0 Å². The molecule has 0 bridgehead atoms. The van der Waals surface area contributed by atoms with Crippen molar-refractivity contribution in [1.29, 1.82) is 0 Å². The fourth-order valence-corrected chi connectivity index (χ4v) is 3.77. The number of carbonyl (C=O) groups excluding carboxylic acids is 1. The molecule has 156 valence electrons. The largest absolute Gasteiger partial charge is 0.496 e. The highest BCUT2D eigenvalue weighted by Gasteiger charge is 2.18. The maximum absolute atomic E-state index is 12.1. The van der Waals surface area contributed by atoms with Crippen molar-refractivity contribution in [3.63, 3.8) is 0 Å². The number of amides is 1. The molecule has 0 atom stereocenters. The summed E-state index contributed by atoms with van der Waals surface area (Å²) < 4.78 is 29.5. The number of ether oxygens (including phenoxy) is 1. The van der Waals surface area contributed by atoms with Crippen LogP contribution in [0.25, 0.3) is 11.1 Å². The highest BCUT2D eigenvalue weighted by atomic mass is 32.2. The number of sulfone groups is 1. The number of hydrogen-bond donors (Lipinski definition) is 1. The minimum Gasteiger partial charge on any atom is -0.496 e. The van der Waals surface area contributed by atoms with E-state index >= 15 is 0 Å². The Kier molecular flexibility index (Phi) is 7.02. The summed E-state index contributed by atoms with van der Waals surface area (Å²) in [6, 6.07) is 9.80. The number of methoxy groups -OCH3 is 1. The lowest BCUT2D eigenvalue weighted by molar-refractivity contribution is -0.136. The van der Waals surface area contributed by atoms with Gasteiger partial charge in [0.2, 0.25) is 5.91 Å². The molecule has 0 heterocycles. The molecule has 1 N–H and O–H groups in total. The third-order valence-corrected chi connectivity index (χ3v) is 5.71. The minimum atomic E-state index is -3.44. The summed E-state index contributed by atoms with van der Waals surface area (Å²) in [7, 11) is -1.93. The van der Waals surface area contributed by atoms with Gasteiger partial charge in [0.25, 0.3) is 0 Å². The van der Waals surface area contributed by atoms with Gasteiger partial charge in [-0.15, -0.1) is 0 Å². The molecule has 0 aliphatic rings. The average Bonchev–Trinajstić information content (AvgIpc) is 2.64. The molecular weight excluding hydrogens is 394 g/mol. The van der Waals surface area contributed by atoms with Crippen molar-refractivity contribution < 1.29 is 27.9 Å². The van der Waals surface area contributed by atoms with Crippen molar-refractivity contribution in [3.8, 4) is 16.9 Å². The van der Waals surface area contributed by atoms with Crippen LogP contribution in [-0.2, 0) is 32.4 Å². The summed E-state index contributed by atoms with van der Waals surface area (Å²) in [4.78, 5) is 24.8. The Bertz CT molecular complexity index is 1030. The maximum atomic E-state index is 12.1. The van der Waals surface area contributed by atoms with Crippen LogP contribution in [0.15, 0.2) is 41.3 Å². The van der Waals surface area contributed by atoms with Crippen LogP contribution in [-0.4, -0.2) is 50.2 Å². The zero-order valence-electron chi connectivity index (χ0n) is 16.9. The first-order valence-corrected chi connectivity index (χ1v) is 10.9. The van der Waals surface area contributed by atoms with E-state index in [9.17, 15) is 18.0 Å². The number of carboxylic acids is 1. The number of hydrogen-bond acceptors (Lipinski definition) is 5. The minimum absolute atomic E-state index is 0.130. The second kappa shape index (κ2) is 9.09. The number of rotatable bonds is 8. The highest BCUT2D eigenvalue weighted by molar-refractivity contribution is 7.90. The Morgan fingerprint density at radius 3 is 2.31 bits per heavy atom. The fraction of sp³-hybridized carbons (Fsp3) is 0.333. The SMILES string of the molecule is CCN(Cc1cc(S(C)(=O)=O)ccc1-c1cc(CC(=O)O)ccc1OC)C(C)=O. The lowest BCUT2D eigenvalue weighted by atomic mass is 9.96. The third-order valence-electron chi connectivity index (χ3n) is 4.60. The molecule has 8 heteroatoms. The Balaban J connectivity index is 2.70. The first kappa shape index (κ1) is 22.4. The molecular formula is C21H25NO6S. The van der Waals surface area contributed by atoms with Gasteiger partial charge in [-0.3, -0.25) is 9.59 Å². The topological polar surface area (TPSA) is 101 Å². The first-order valence-electron chi connectivity index (χ1n) is 9.04. The van der Waals surface area contributed by atoms with Gasteiger partial charge in [0, 0.05) is 31.8 Å². The van der Waals surface area contributed by atoms with Gasteiger partial charge in [-0.2, -0.15) is 0 Å². The van der Waals surface area contributed by atoms with Crippen LogP contribution < -0.4 is 4.74 Å². The van der Waals surface area contributed by atoms with E-state index in [2.05, 4.69) is 0 Å². The molecule has 7 nitrogen and oxygen atoms in total. The van der Waals surface area contributed by atoms with Crippen molar-refractivity contribution in [3.05, 3.63) is 47.5 Å². The maximum Gasteiger partial charge on any atom is 0.307 e. The molecule has 0 saturated carbocycles. The molecule has 2 rings (SSSR count). The van der Waals surface area contributed by atoms with Crippen LogP contribution in [0.5, 0.6) is 5.75 Å². The normalized spacial score (nSPS) is 11.2. The average molecular weight is 419 g/mol. The van der Waals surface area contributed by atoms with Gasteiger partial charge < -0.3 is 14.7 Å². The first-order chi connectivity index (χ1) is 13.6. The Hall–Kier alpha value is -2.87. The summed E-state index contributed by atoms with van der Waals surface area (Å²) >= 11 is 0. The molecule has 0 fully saturated rings. The van der Waals surface area contributed by atoms with Crippen LogP contribution in [0, 0.1) is 0 Å². The van der Waals surface area contributed by atoms with Crippen molar-refractivity contribution in [1.82, 2.24) is 4.90 Å². The van der Waals surface area contributed by atoms with Gasteiger partial charge >= 0.3 is 5.97 Å². The molecule has 0 unspecified atom stereocenters. The summed E-state index contributed by atoms with van der Waals surface area (Å²) in [5, 5.41) is 9.11. The smallest absolute Gasteiger partial charge is 0.307 e. The van der Waals surface area contributed by atoms with E-state index in [1.165, 1.54) is 20.1 Å². The third kappa shape index (κ3) is 5.57. The standard InChI is InChI=1S/C21H25NO6S/c1-5-22(14(2)23)13-16-12-17(29(4,26)27)7-8-18(16)19-10-15(11-21(24)25)6-9-20(19)28-3/h6-10,12H,5,11,13H2,1-4H3,(H,24,25). The molecule has 0 aliphatic carbocycles. The molecule has 1 amide bonds. The molecule has 0 aliphatic heterocycles. The highest BCUT2D eigenvalue weighted by Crippen LogP contribution is 2.35.